The number of anilines is 1. The molecule has 188 valence electrons. The Hall–Kier alpha value is -4.37. The van der Waals surface area contributed by atoms with Gasteiger partial charge in [-0.25, -0.2) is 9.59 Å². The molecule has 3 N–H and O–H groups in total. The Balaban J connectivity index is 1.82. The van der Waals surface area contributed by atoms with Crippen LogP contribution in [0, 0.1) is 14.9 Å². The predicted molar refractivity (Wildman–Crippen MR) is 144 cm³/mol. The van der Waals surface area contributed by atoms with Crippen LogP contribution in [0.1, 0.15) is 38.8 Å². The van der Waals surface area contributed by atoms with E-state index in [1.165, 1.54) is 42.5 Å². The fourth-order valence-electron chi connectivity index (χ4n) is 3.22. The summed E-state index contributed by atoms with van der Waals surface area (Å²) in [6, 6.07) is 17.3. The number of hydrogen-bond acceptors (Lipinski definition) is 6. The number of carboxylic acid groups (broad SMARTS) is 2. The maximum Gasteiger partial charge on any atom is 0.335 e. The molecule has 3 rings (SSSR count). The molecule has 0 aliphatic rings. The van der Waals surface area contributed by atoms with E-state index in [2.05, 4.69) is 27.9 Å². The second-order valence-corrected chi connectivity index (χ2v) is 8.73. The van der Waals surface area contributed by atoms with Crippen LogP contribution in [-0.2, 0) is 11.4 Å². The number of nitriles is 1. The standard InChI is InChI=1S/C27H21IN2O7/c1-2-36-23-12-17(10-20(14-29)25(31)30-21-5-3-4-19(13-21)27(34)35)11-22(28)24(23)37-15-16-6-8-18(9-7-16)26(32)33/h3-13H,2,15H2,1H3,(H,30,31)(H,32,33)(H,34,35)/b20-10-. The van der Waals surface area contributed by atoms with Gasteiger partial charge < -0.3 is 25.0 Å². The monoisotopic (exact) mass is 612 g/mol. The molecule has 3 aromatic carbocycles. The fraction of sp³-hybridized carbons (Fsp3) is 0.111. The summed E-state index contributed by atoms with van der Waals surface area (Å²) in [5.74, 6) is -1.96. The van der Waals surface area contributed by atoms with Gasteiger partial charge in [0.05, 0.1) is 21.3 Å². The van der Waals surface area contributed by atoms with Crippen molar-refractivity contribution in [2.75, 3.05) is 11.9 Å². The average molecular weight is 612 g/mol. The number of carbonyl (C=O) groups is 3. The van der Waals surface area contributed by atoms with Crippen molar-refractivity contribution in [3.05, 3.63) is 92.1 Å². The van der Waals surface area contributed by atoms with E-state index in [-0.39, 0.29) is 29.0 Å². The summed E-state index contributed by atoms with van der Waals surface area (Å²) in [4.78, 5) is 34.9. The van der Waals surface area contributed by atoms with E-state index < -0.39 is 17.8 Å². The van der Waals surface area contributed by atoms with Gasteiger partial charge in [0.15, 0.2) is 11.5 Å². The highest BCUT2D eigenvalue weighted by Crippen LogP contribution is 2.35. The van der Waals surface area contributed by atoms with Crippen molar-refractivity contribution in [1.29, 1.82) is 5.26 Å². The van der Waals surface area contributed by atoms with E-state index in [1.807, 2.05) is 13.0 Å². The van der Waals surface area contributed by atoms with Crippen molar-refractivity contribution < 1.29 is 34.1 Å². The Morgan fingerprint density at radius 2 is 1.70 bits per heavy atom. The third-order valence-corrected chi connectivity index (χ3v) is 5.76. The summed E-state index contributed by atoms with van der Waals surface area (Å²) in [5, 5.41) is 30.3. The normalized spacial score (nSPS) is 10.8. The number of carboxylic acids is 2. The molecular formula is C27H21IN2O7. The molecule has 0 fully saturated rings. The second kappa shape index (κ2) is 12.5. The average Bonchev–Trinajstić information content (AvgIpc) is 2.87. The zero-order valence-electron chi connectivity index (χ0n) is 19.5. The number of ether oxygens (including phenoxy) is 2. The number of carbonyl (C=O) groups excluding carboxylic acids is 1. The largest absolute Gasteiger partial charge is 0.490 e. The van der Waals surface area contributed by atoms with Crippen LogP contribution in [0.2, 0.25) is 0 Å². The first kappa shape index (κ1) is 27.2. The summed E-state index contributed by atoms with van der Waals surface area (Å²) < 4.78 is 12.4. The lowest BCUT2D eigenvalue weighted by Crippen LogP contribution is -2.14. The topological polar surface area (TPSA) is 146 Å². The molecule has 0 heterocycles. The van der Waals surface area contributed by atoms with Crippen LogP contribution in [0.4, 0.5) is 5.69 Å². The smallest absolute Gasteiger partial charge is 0.335 e. The summed E-state index contributed by atoms with van der Waals surface area (Å²) in [7, 11) is 0. The van der Waals surface area contributed by atoms with Gasteiger partial charge in [-0.2, -0.15) is 5.26 Å². The molecule has 9 nitrogen and oxygen atoms in total. The highest BCUT2D eigenvalue weighted by Gasteiger charge is 2.15. The van der Waals surface area contributed by atoms with Gasteiger partial charge in [0, 0.05) is 5.69 Å². The van der Waals surface area contributed by atoms with Gasteiger partial charge in [-0.3, -0.25) is 4.79 Å². The molecule has 0 saturated heterocycles. The van der Waals surface area contributed by atoms with Gasteiger partial charge >= 0.3 is 11.9 Å². The highest BCUT2D eigenvalue weighted by atomic mass is 127. The van der Waals surface area contributed by atoms with E-state index in [4.69, 9.17) is 19.7 Å². The predicted octanol–water partition coefficient (Wildman–Crippen LogP) is 5.21. The van der Waals surface area contributed by atoms with Crippen LogP contribution in [0.3, 0.4) is 0 Å². The number of rotatable bonds is 10. The van der Waals surface area contributed by atoms with Crippen LogP contribution >= 0.6 is 22.6 Å². The number of benzene rings is 3. The zero-order chi connectivity index (χ0) is 26.9. The third-order valence-electron chi connectivity index (χ3n) is 4.96. The SMILES string of the molecule is CCOc1cc(/C=C(/C#N)C(=O)Nc2cccc(C(=O)O)c2)cc(I)c1OCc1ccc(C(=O)O)cc1. The van der Waals surface area contributed by atoms with E-state index in [0.29, 0.717) is 27.2 Å². The summed E-state index contributed by atoms with van der Waals surface area (Å²) in [5.41, 5.74) is 1.53. The van der Waals surface area contributed by atoms with Gasteiger partial charge in [-0.15, -0.1) is 0 Å². The summed E-state index contributed by atoms with van der Waals surface area (Å²) in [6.07, 6.45) is 1.40. The van der Waals surface area contributed by atoms with Crippen molar-refractivity contribution >= 4 is 52.2 Å². The minimum atomic E-state index is -1.13. The van der Waals surface area contributed by atoms with Crippen LogP contribution in [0.5, 0.6) is 11.5 Å². The molecule has 0 atom stereocenters. The van der Waals surface area contributed by atoms with Crippen LogP contribution in [0.25, 0.3) is 6.08 Å². The molecule has 0 unspecified atom stereocenters. The molecular weight excluding hydrogens is 591 g/mol. The first-order valence-corrected chi connectivity index (χ1v) is 12.0. The molecule has 3 aromatic rings. The minimum absolute atomic E-state index is 0.00427. The lowest BCUT2D eigenvalue weighted by atomic mass is 10.1. The number of nitrogens with zero attached hydrogens (tertiary/aromatic N) is 1. The van der Waals surface area contributed by atoms with Gasteiger partial charge in [-0.1, -0.05) is 18.2 Å². The van der Waals surface area contributed by atoms with Crippen LogP contribution in [-0.4, -0.2) is 34.7 Å². The fourth-order valence-corrected chi connectivity index (χ4v) is 4.00. The number of aromatic carboxylic acids is 2. The highest BCUT2D eigenvalue weighted by molar-refractivity contribution is 14.1. The maximum atomic E-state index is 12.7. The van der Waals surface area contributed by atoms with Crippen molar-refractivity contribution in [2.24, 2.45) is 0 Å². The number of hydrogen-bond donors (Lipinski definition) is 3. The quantitative estimate of drug-likeness (QED) is 0.161. The molecule has 37 heavy (non-hydrogen) atoms. The van der Waals surface area contributed by atoms with Gasteiger partial charge in [0.1, 0.15) is 18.2 Å². The van der Waals surface area contributed by atoms with Crippen molar-refractivity contribution in [1.82, 2.24) is 0 Å². The van der Waals surface area contributed by atoms with Gasteiger partial charge in [0.2, 0.25) is 0 Å². The first-order valence-electron chi connectivity index (χ1n) is 10.9. The van der Waals surface area contributed by atoms with E-state index in [0.717, 1.165) is 5.56 Å². The van der Waals surface area contributed by atoms with E-state index in [9.17, 15) is 19.6 Å². The molecule has 0 aliphatic heterocycles. The molecule has 0 aromatic heterocycles. The van der Waals surface area contributed by atoms with Crippen molar-refractivity contribution in [3.63, 3.8) is 0 Å². The summed E-state index contributed by atoms with van der Waals surface area (Å²) in [6.45, 7) is 2.33. The molecule has 1 amide bonds. The summed E-state index contributed by atoms with van der Waals surface area (Å²) >= 11 is 2.06. The zero-order valence-corrected chi connectivity index (χ0v) is 21.7. The molecule has 10 heteroatoms. The lowest BCUT2D eigenvalue weighted by molar-refractivity contribution is -0.112. The Morgan fingerprint density at radius 3 is 2.32 bits per heavy atom. The Morgan fingerprint density at radius 1 is 1.00 bits per heavy atom. The Labute approximate surface area is 226 Å². The third kappa shape index (κ3) is 7.31. The number of halogens is 1. The number of nitrogens with one attached hydrogen (secondary N) is 1. The Kier molecular flexibility index (Phi) is 9.23. The van der Waals surface area contributed by atoms with Crippen LogP contribution in [0.15, 0.2) is 66.2 Å². The molecule has 0 aliphatic carbocycles. The van der Waals surface area contributed by atoms with E-state index >= 15 is 0 Å². The molecule has 0 saturated carbocycles. The molecule has 0 radical (unpaired) electrons. The molecule has 0 spiro atoms. The van der Waals surface area contributed by atoms with Crippen molar-refractivity contribution in [3.8, 4) is 17.6 Å². The lowest BCUT2D eigenvalue weighted by Gasteiger charge is -2.15. The Bertz CT molecular complexity index is 1410. The van der Waals surface area contributed by atoms with E-state index in [1.54, 1.807) is 24.3 Å². The number of amides is 1. The van der Waals surface area contributed by atoms with Crippen LogP contribution < -0.4 is 14.8 Å². The first-order chi connectivity index (χ1) is 17.7. The van der Waals surface area contributed by atoms with Crippen molar-refractivity contribution in [2.45, 2.75) is 13.5 Å². The molecule has 0 bridgehead atoms. The second-order valence-electron chi connectivity index (χ2n) is 7.56. The minimum Gasteiger partial charge on any atom is -0.490 e. The van der Waals surface area contributed by atoms with Gasteiger partial charge in [0.25, 0.3) is 5.91 Å². The maximum absolute atomic E-state index is 12.7. The van der Waals surface area contributed by atoms with Gasteiger partial charge in [-0.05, 0) is 89.2 Å².